The Morgan fingerprint density at radius 1 is 1.21 bits per heavy atom. The molecule has 2 rings (SSSR count). The Hall–Kier alpha value is -2.55. The van der Waals surface area contributed by atoms with Crippen LogP contribution in [0, 0.1) is 11.3 Å². The second-order valence-electron chi connectivity index (χ2n) is 3.81. The molecule has 0 unspecified atom stereocenters. The maximum absolute atomic E-state index is 8.89. The van der Waals surface area contributed by atoms with Crippen molar-refractivity contribution in [2.45, 2.75) is 13.5 Å². The van der Waals surface area contributed by atoms with Gasteiger partial charge in [-0.05, 0) is 31.2 Å². The molecule has 0 fully saturated rings. The van der Waals surface area contributed by atoms with Crippen LogP contribution in [-0.4, -0.2) is 21.6 Å². The molecule has 0 atom stereocenters. The van der Waals surface area contributed by atoms with Crippen molar-refractivity contribution >= 4 is 0 Å². The molecule has 1 aromatic carbocycles. The highest BCUT2D eigenvalue weighted by molar-refractivity contribution is 5.32. The molecule has 6 nitrogen and oxygen atoms in total. The number of hydrogen-bond acceptors (Lipinski definition) is 5. The molecule has 6 heteroatoms. The first-order chi connectivity index (χ1) is 9.24. The normalized spacial score (nSPS) is 9.95. The molecule has 0 saturated heterocycles. The number of rotatable bonds is 5. The minimum atomic E-state index is 0.250. The molecule has 0 radical (unpaired) electrons. The number of nitriles is 1. The van der Waals surface area contributed by atoms with Gasteiger partial charge in [0.25, 0.3) is 0 Å². The lowest BCUT2D eigenvalue weighted by atomic mass is 10.3. The first kappa shape index (κ1) is 12.9. The van der Waals surface area contributed by atoms with Crippen LogP contribution in [-0.2, 0) is 13.7 Å². The highest BCUT2D eigenvalue weighted by atomic mass is 16.5. The summed E-state index contributed by atoms with van der Waals surface area (Å²) in [6, 6.07) is 9.30. The van der Waals surface area contributed by atoms with Gasteiger partial charge in [0.15, 0.2) is 5.69 Å². The van der Waals surface area contributed by atoms with Crippen LogP contribution in [0.5, 0.6) is 11.5 Å². The van der Waals surface area contributed by atoms with Gasteiger partial charge in [0, 0.05) is 7.05 Å². The van der Waals surface area contributed by atoms with Crippen molar-refractivity contribution in [3.05, 3.63) is 35.7 Å². The van der Waals surface area contributed by atoms with Crippen molar-refractivity contribution in [3.63, 3.8) is 0 Å². The van der Waals surface area contributed by atoms with Crippen molar-refractivity contribution in [2.75, 3.05) is 6.61 Å². The molecule has 0 bridgehead atoms. The van der Waals surface area contributed by atoms with E-state index in [0.717, 1.165) is 5.75 Å². The fourth-order valence-electron chi connectivity index (χ4n) is 1.58. The van der Waals surface area contributed by atoms with Gasteiger partial charge in [0.1, 0.15) is 29.9 Å². The van der Waals surface area contributed by atoms with Crippen molar-refractivity contribution in [2.24, 2.45) is 7.05 Å². The van der Waals surface area contributed by atoms with Crippen LogP contribution in [0.1, 0.15) is 18.3 Å². The van der Waals surface area contributed by atoms with Crippen LogP contribution in [0.2, 0.25) is 0 Å². The topological polar surface area (TPSA) is 73.0 Å². The van der Waals surface area contributed by atoms with Gasteiger partial charge >= 0.3 is 0 Å². The molecular weight excluding hydrogens is 244 g/mol. The summed E-state index contributed by atoms with van der Waals surface area (Å²) in [6.45, 7) is 2.82. The number of aryl methyl sites for hydroxylation is 1. The summed E-state index contributed by atoms with van der Waals surface area (Å²) >= 11 is 0. The quantitative estimate of drug-likeness (QED) is 0.815. The summed E-state index contributed by atoms with van der Waals surface area (Å²) in [5.74, 6) is 1.50. The van der Waals surface area contributed by atoms with E-state index in [4.69, 9.17) is 14.7 Å². The zero-order valence-corrected chi connectivity index (χ0v) is 10.8. The van der Waals surface area contributed by atoms with E-state index in [1.54, 1.807) is 7.05 Å². The average Bonchev–Trinajstić information content (AvgIpc) is 2.79. The molecule has 0 aliphatic heterocycles. The Labute approximate surface area is 111 Å². The molecule has 0 saturated carbocycles. The molecule has 1 heterocycles. The number of nitrogens with zero attached hydrogens (tertiary/aromatic N) is 4. The highest BCUT2D eigenvalue weighted by Gasteiger charge is 2.10. The second kappa shape index (κ2) is 5.87. The fourth-order valence-corrected chi connectivity index (χ4v) is 1.58. The van der Waals surface area contributed by atoms with Crippen molar-refractivity contribution in [1.82, 2.24) is 15.0 Å². The van der Waals surface area contributed by atoms with Gasteiger partial charge in [0.2, 0.25) is 0 Å². The molecule has 2 aromatic rings. The van der Waals surface area contributed by atoms with Crippen LogP contribution in [0.25, 0.3) is 0 Å². The molecule has 0 spiro atoms. The van der Waals surface area contributed by atoms with Gasteiger partial charge in [-0.1, -0.05) is 5.21 Å². The molecule has 0 N–H and O–H groups in total. The van der Waals surface area contributed by atoms with Crippen molar-refractivity contribution < 1.29 is 9.47 Å². The minimum absolute atomic E-state index is 0.250. The van der Waals surface area contributed by atoms with E-state index in [-0.39, 0.29) is 12.3 Å². The monoisotopic (exact) mass is 258 g/mol. The largest absolute Gasteiger partial charge is 0.494 e. The third kappa shape index (κ3) is 3.01. The first-order valence-electron chi connectivity index (χ1n) is 5.89. The number of aromatic nitrogens is 3. The number of ether oxygens (including phenoxy) is 2. The smallest absolute Gasteiger partial charge is 0.189 e. The lowest BCUT2D eigenvalue weighted by Gasteiger charge is -2.07. The molecule has 0 amide bonds. The summed E-state index contributed by atoms with van der Waals surface area (Å²) in [5.41, 5.74) is 0.935. The van der Waals surface area contributed by atoms with E-state index in [2.05, 4.69) is 10.3 Å². The van der Waals surface area contributed by atoms with Gasteiger partial charge < -0.3 is 9.47 Å². The predicted molar refractivity (Wildman–Crippen MR) is 67.7 cm³/mol. The molecule has 0 aliphatic carbocycles. The van der Waals surface area contributed by atoms with Crippen LogP contribution in [0.4, 0.5) is 0 Å². The van der Waals surface area contributed by atoms with E-state index in [0.29, 0.717) is 18.1 Å². The average molecular weight is 258 g/mol. The molecular formula is C13H14N4O2. The SMILES string of the molecule is CCOc1ccc(OCc2c(C#N)nnn2C)cc1. The lowest BCUT2D eigenvalue weighted by molar-refractivity contribution is 0.293. The summed E-state index contributed by atoms with van der Waals surface area (Å²) in [6.07, 6.45) is 0. The Morgan fingerprint density at radius 2 is 1.84 bits per heavy atom. The van der Waals surface area contributed by atoms with Crippen LogP contribution in [0.15, 0.2) is 24.3 Å². The Bertz CT molecular complexity index is 584. The van der Waals surface area contributed by atoms with E-state index in [1.165, 1.54) is 4.68 Å². The highest BCUT2D eigenvalue weighted by Crippen LogP contribution is 2.18. The van der Waals surface area contributed by atoms with Gasteiger partial charge in [0.05, 0.1) is 6.61 Å². The molecule has 0 aliphatic rings. The van der Waals surface area contributed by atoms with Crippen molar-refractivity contribution in [3.8, 4) is 17.6 Å². The maximum Gasteiger partial charge on any atom is 0.189 e. The zero-order chi connectivity index (χ0) is 13.7. The van der Waals surface area contributed by atoms with Crippen LogP contribution < -0.4 is 9.47 Å². The van der Waals surface area contributed by atoms with Crippen LogP contribution >= 0.6 is 0 Å². The minimum Gasteiger partial charge on any atom is -0.494 e. The maximum atomic E-state index is 8.89. The van der Waals surface area contributed by atoms with Crippen LogP contribution in [0.3, 0.4) is 0 Å². The standard InChI is InChI=1S/C13H14N4O2/c1-3-18-10-4-6-11(7-5-10)19-9-13-12(8-14)15-16-17(13)2/h4-7H,3,9H2,1-2H3. The number of benzene rings is 1. The van der Waals surface area contributed by atoms with Crippen molar-refractivity contribution in [1.29, 1.82) is 5.26 Å². The van der Waals surface area contributed by atoms with Gasteiger partial charge in [-0.15, -0.1) is 5.10 Å². The van der Waals surface area contributed by atoms with E-state index in [9.17, 15) is 0 Å². The summed E-state index contributed by atoms with van der Waals surface area (Å²) < 4.78 is 12.5. The Balaban J connectivity index is 2.02. The lowest BCUT2D eigenvalue weighted by Crippen LogP contribution is -2.04. The molecule has 98 valence electrons. The van der Waals surface area contributed by atoms with E-state index >= 15 is 0 Å². The summed E-state index contributed by atoms with van der Waals surface area (Å²) in [5, 5.41) is 16.4. The third-order valence-electron chi connectivity index (χ3n) is 2.56. The molecule has 1 aromatic heterocycles. The van der Waals surface area contributed by atoms with Gasteiger partial charge in [-0.2, -0.15) is 5.26 Å². The van der Waals surface area contributed by atoms with Gasteiger partial charge in [-0.3, -0.25) is 0 Å². The van der Waals surface area contributed by atoms with E-state index < -0.39 is 0 Å². The molecule has 19 heavy (non-hydrogen) atoms. The summed E-state index contributed by atoms with van der Waals surface area (Å²) in [7, 11) is 1.73. The Morgan fingerprint density at radius 3 is 2.42 bits per heavy atom. The second-order valence-corrected chi connectivity index (χ2v) is 3.81. The number of hydrogen-bond donors (Lipinski definition) is 0. The zero-order valence-electron chi connectivity index (χ0n) is 10.8. The van der Waals surface area contributed by atoms with Gasteiger partial charge in [-0.25, -0.2) is 4.68 Å². The first-order valence-corrected chi connectivity index (χ1v) is 5.89. The predicted octanol–water partition coefficient (Wildman–Crippen LogP) is 1.66. The fraction of sp³-hybridized carbons (Fsp3) is 0.308. The summed E-state index contributed by atoms with van der Waals surface area (Å²) in [4.78, 5) is 0. The van der Waals surface area contributed by atoms with E-state index in [1.807, 2.05) is 37.3 Å². The third-order valence-corrected chi connectivity index (χ3v) is 2.56. The Kier molecular flexibility index (Phi) is 3.98.